The molecule has 6 fully saturated rings. The number of hydrogen-bond donors (Lipinski definition) is 6. The van der Waals surface area contributed by atoms with E-state index in [0.717, 1.165) is 44.1 Å². The molecule has 7 rings (SSSR count). The Bertz CT molecular complexity index is 1290. The smallest absolute Gasteiger partial charge is 0.231 e. The van der Waals surface area contributed by atoms with Crippen molar-refractivity contribution in [3.63, 3.8) is 0 Å². The number of carbonyl (C=O) groups is 1. The topological polar surface area (TPSA) is 166 Å². The molecule has 7 aliphatic rings. The number of carbonyl (C=O) groups excluding carboxylic acids is 1. The summed E-state index contributed by atoms with van der Waals surface area (Å²) in [4.78, 5) is 14.8. The van der Waals surface area contributed by atoms with Crippen LogP contribution in [0.25, 0.3) is 0 Å². The summed E-state index contributed by atoms with van der Waals surface area (Å²) in [5, 5.41) is 64.5. The number of aliphatic hydroxyl groups excluding tert-OH is 4. The molecule has 6 N–H and O–H groups in total. The van der Waals surface area contributed by atoms with Crippen LogP contribution in [0.3, 0.4) is 0 Å². The van der Waals surface area contributed by atoms with Gasteiger partial charge in [0, 0.05) is 5.92 Å². The van der Waals surface area contributed by atoms with E-state index in [1.807, 2.05) is 13.8 Å². The van der Waals surface area contributed by atoms with Crippen LogP contribution in [0, 0.1) is 44.8 Å². The lowest BCUT2D eigenvalue weighted by Crippen LogP contribution is -2.59. The molecule has 2 aliphatic heterocycles. The monoisotopic (exact) mass is 634 g/mol. The molecule has 10 heteroatoms. The molecule has 4 saturated carbocycles. The van der Waals surface area contributed by atoms with Crippen LogP contribution in [0.15, 0.2) is 11.6 Å². The lowest BCUT2D eigenvalue weighted by molar-refractivity contribution is -0.302. The summed E-state index contributed by atoms with van der Waals surface area (Å²) in [6.07, 6.45) is 0.669. The fraction of sp³-hybridized carbons (Fsp3) is 0.914. The Hall–Kier alpha value is -0.950. The molecule has 0 aromatic carbocycles. The molecule has 2 heterocycles. The van der Waals surface area contributed by atoms with Crippen molar-refractivity contribution in [3.05, 3.63) is 11.6 Å². The molecule has 2 saturated heterocycles. The molecular weight excluding hydrogens is 580 g/mol. The standard InChI is InChI=1S/C35H54O10/c1-17-14-19(26(39)30(4,5)41)45-35(42)25(17)31(6)12-13-34-16-33(34)11-10-22(44-27-24(38)23(37)18(36)15-43-27)29(2,3)20(33)8-9-21(34)32(31,7)28(35)40/h9,17-20,22-27,36-39,41-42H,8,10-16H2,1-7H3/t17-,18+,19-,20+,22+,23+,24-,25-,26+,27+,31-,32-,33-,34+,35-/m1/s1. The third-order valence-electron chi connectivity index (χ3n) is 14.7. The number of rotatable bonds is 4. The van der Waals surface area contributed by atoms with Gasteiger partial charge in [-0.3, -0.25) is 4.79 Å². The Kier molecular flexibility index (Phi) is 6.95. The molecule has 10 nitrogen and oxygen atoms in total. The van der Waals surface area contributed by atoms with Crippen LogP contribution in [-0.2, 0) is 19.0 Å². The van der Waals surface area contributed by atoms with Crippen molar-refractivity contribution in [2.24, 2.45) is 44.8 Å². The number of allylic oxidation sites excluding steroid dienone is 2. The molecular formula is C35H54O10. The first-order valence-corrected chi connectivity index (χ1v) is 17.1. The first kappa shape index (κ1) is 32.6. The average Bonchev–Trinajstić information content (AvgIpc) is 3.59. The van der Waals surface area contributed by atoms with Gasteiger partial charge in [0.25, 0.3) is 0 Å². The first-order valence-electron chi connectivity index (χ1n) is 17.1. The van der Waals surface area contributed by atoms with E-state index in [0.29, 0.717) is 6.42 Å². The Morgan fingerprint density at radius 3 is 2.42 bits per heavy atom. The fourth-order valence-electron chi connectivity index (χ4n) is 12.3. The highest BCUT2D eigenvalue weighted by Gasteiger charge is 2.85. The largest absolute Gasteiger partial charge is 0.388 e. The third kappa shape index (κ3) is 3.86. The van der Waals surface area contributed by atoms with Crippen LogP contribution in [-0.4, -0.2) is 97.3 Å². The Morgan fingerprint density at radius 1 is 1.07 bits per heavy atom. The Balaban J connectivity index is 1.20. The van der Waals surface area contributed by atoms with Crippen LogP contribution in [0.5, 0.6) is 0 Å². The van der Waals surface area contributed by atoms with Gasteiger partial charge in [-0.1, -0.05) is 39.3 Å². The van der Waals surface area contributed by atoms with E-state index in [9.17, 15) is 35.4 Å². The molecule has 0 unspecified atom stereocenters. The van der Waals surface area contributed by atoms with Crippen molar-refractivity contribution in [2.45, 2.75) is 148 Å². The minimum Gasteiger partial charge on any atom is -0.388 e. The van der Waals surface area contributed by atoms with Gasteiger partial charge in [0.1, 0.15) is 24.4 Å². The number of fused-ring (bicyclic) bond motifs is 4. The number of ether oxygens (including phenoxy) is 3. The lowest BCUT2D eigenvalue weighted by atomic mass is 9.45. The summed E-state index contributed by atoms with van der Waals surface area (Å²) in [5.41, 5.74) is -2.21. The number of hydrogen-bond acceptors (Lipinski definition) is 10. The highest BCUT2D eigenvalue weighted by Crippen LogP contribution is 2.88. The van der Waals surface area contributed by atoms with Gasteiger partial charge in [-0.2, -0.15) is 0 Å². The van der Waals surface area contributed by atoms with Crippen LogP contribution < -0.4 is 0 Å². The predicted octanol–water partition coefficient (Wildman–Crippen LogP) is 2.20. The summed E-state index contributed by atoms with van der Waals surface area (Å²) in [6.45, 7) is 13.6. The van der Waals surface area contributed by atoms with Gasteiger partial charge in [-0.15, -0.1) is 0 Å². The van der Waals surface area contributed by atoms with E-state index < -0.39 is 64.9 Å². The van der Waals surface area contributed by atoms with E-state index >= 15 is 0 Å². The second-order valence-electron chi connectivity index (χ2n) is 17.6. The Morgan fingerprint density at radius 2 is 1.76 bits per heavy atom. The normalized spacial score (nSPS) is 55.8. The molecule has 254 valence electrons. The van der Waals surface area contributed by atoms with Crippen LogP contribution in [0.2, 0.25) is 0 Å². The van der Waals surface area contributed by atoms with Crippen LogP contribution in [0.1, 0.15) is 93.4 Å². The second kappa shape index (κ2) is 9.60. The number of aliphatic hydroxyl groups is 6. The van der Waals surface area contributed by atoms with Gasteiger partial charge < -0.3 is 44.8 Å². The highest BCUT2D eigenvalue weighted by atomic mass is 16.7. The van der Waals surface area contributed by atoms with Crippen molar-refractivity contribution < 1.29 is 49.6 Å². The predicted molar refractivity (Wildman–Crippen MR) is 161 cm³/mol. The van der Waals surface area contributed by atoms with Crippen molar-refractivity contribution in [3.8, 4) is 0 Å². The fourth-order valence-corrected chi connectivity index (χ4v) is 12.3. The molecule has 15 atom stereocenters. The summed E-state index contributed by atoms with van der Waals surface area (Å²) in [5.74, 6) is -2.64. The van der Waals surface area contributed by atoms with Crippen molar-refractivity contribution in [1.82, 2.24) is 0 Å². The first-order chi connectivity index (χ1) is 20.7. The highest BCUT2D eigenvalue weighted by molar-refractivity contribution is 5.98. The van der Waals surface area contributed by atoms with E-state index in [2.05, 4.69) is 26.8 Å². The second-order valence-corrected chi connectivity index (χ2v) is 17.6. The zero-order valence-corrected chi connectivity index (χ0v) is 27.8. The summed E-state index contributed by atoms with van der Waals surface area (Å²) < 4.78 is 18.3. The SMILES string of the molecule is C[C@@H]1C[C@H]([C@H](O)C(C)(C)O)O[C@@]2(O)C(=O)[C@@]3(C)C4=CC[C@H]5C(C)(C)[C@@H](O[C@@H]6OC[C@H](O)[C@H](O)[C@H]6O)CC[C@@]56C[C@@]46CC[C@]3(C)[C@@H]12. The Labute approximate surface area is 266 Å². The van der Waals surface area contributed by atoms with Crippen molar-refractivity contribution >= 4 is 5.78 Å². The minimum atomic E-state index is -2.05. The quantitative estimate of drug-likeness (QED) is 0.253. The van der Waals surface area contributed by atoms with E-state index in [4.69, 9.17) is 14.2 Å². The maximum absolute atomic E-state index is 14.8. The van der Waals surface area contributed by atoms with Gasteiger partial charge in [-0.05, 0) is 99.2 Å². The van der Waals surface area contributed by atoms with Gasteiger partial charge >= 0.3 is 0 Å². The van der Waals surface area contributed by atoms with Gasteiger partial charge in [0.15, 0.2) is 6.29 Å². The lowest BCUT2D eigenvalue weighted by Gasteiger charge is -2.59. The molecule has 0 bridgehead atoms. The zero-order valence-electron chi connectivity index (χ0n) is 27.8. The number of Topliss-reactive ketones (excluding diaryl/α,β-unsaturated/α-hetero) is 1. The minimum absolute atomic E-state index is 0.00466. The molecule has 0 amide bonds. The summed E-state index contributed by atoms with van der Waals surface area (Å²) in [7, 11) is 0. The van der Waals surface area contributed by atoms with Crippen molar-refractivity contribution in [2.75, 3.05) is 6.61 Å². The molecule has 2 spiro atoms. The summed E-state index contributed by atoms with van der Waals surface area (Å²) >= 11 is 0. The van der Waals surface area contributed by atoms with Crippen LogP contribution in [0.4, 0.5) is 0 Å². The van der Waals surface area contributed by atoms with E-state index in [-0.39, 0.29) is 46.6 Å². The average molecular weight is 635 g/mol. The van der Waals surface area contributed by atoms with Crippen molar-refractivity contribution in [1.29, 1.82) is 0 Å². The van der Waals surface area contributed by atoms with Crippen LogP contribution >= 0.6 is 0 Å². The van der Waals surface area contributed by atoms with E-state index in [1.165, 1.54) is 13.8 Å². The van der Waals surface area contributed by atoms with Gasteiger partial charge in [0.05, 0.1) is 29.8 Å². The summed E-state index contributed by atoms with van der Waals surface area (Å²) in [6, 6.07) is 0. The molecule has 0 radical (unpaired) electrons. The maximum atomic E-state index is 14.8. The molecule has 5 aliphatic carbocycles. The van der Waals surface area contributed by atoms with E-state index in [1.54, 1.807) is 0 Å². The van der Waals surface area contributed by atoms with Gasteiger partial charge in [-0.25, -0.2) is 0 Å². The van der Waals surface area contributed by atoms with Gasteiger partial charge in [0.2, 0.25) is 11.6 Å². The number of ketones is 1. The molecule has 45 heavy (non-hydrogen) atoms. The maximum Gasteiger partial charge on any atom is 0.231 e. The molecule has 0 aromatic rings. The third-order valence-corrected chi connectivity index (χ3v) is 14.7. The molecule has 0 aromatic heterocycles. The zero-order chi connectivity index (χ0) is 32.9.